The van der Waals surface area contributed by atoms with Crippen LogP contribution >= 0.6 is 0 Å². The van der Waals surface area contributed by atoms with Crippen LogP contribution in [0.1, 0.15) is 25.7 Å². The number of carbonyl (C=O) groups is 1. The van der Waals surface area contributed by atoms with E-state index >= 15 is 0 Å². The number of rotatable bonds is 4. The molecule has 1 N–H and O–H groups in total. The smallest absolute Gasteiger partial charge is 0.306 e. The summed E-state index contributed by atoms with van der Waals surface area (Å²) in [5.41, 5.74) is 0. The fourth-order valence-electron chi connectivity index (χ4n) is 1.74. The molecule has 0 amide bonds. The van der Waals surface area contributed by atoms with Crippen LogP contribution in [-0.4, -0.2) is 35.6 Å². The van der Waals surface area contributed by atoms with E-state index in [1.54, 1.807) is 0 Å². The number of carboxylic acids is 1. The Hall–Kier alpha value is -0.570. The van der Waals surface area contributed by atoms with Gasteiger partial charge in [-0.25, -0.2) is 0 Å². The van der Waals surface area contributed by atoms with Gasteiger partial charge in [0.1, 0.15) is 0 Å². The van der Waals surface area contributed by atoms with E-state index in [4.69, 9.17) is 5.11 Å². The van der Waals surface area contributed by atoms with Gasteiger partial charge in [0.15, 0.2) is 0 Å². The molecule has 3 heteroatoms. The molecular weight excluding hydrogens is 166 g/mol. The van der Waals surface area contributed by atoms with Crippen LogP contribution in [0.4, 0.5) is 0 Å². The van der Waals surface area contributed by atoms with E-state index in [2.05, 4.69) is 11.8 Å². The van der Waals surface area contributed by atoms with Crippen LogP contribution in [0.5, 0.6) is 0 Å². The van der Waals surface area contributed by atoms with Gasteiger partial charge in [0.05, 0.1) is 5.92 Å². The summed E-state index contributed by atoms with van der Waals surface area (Å²) in [7, 11) is 0. The third-order valence-electron chi connectivity index (χ3n) is 2.66. The third-order valence-corrected chi connectivity index (χ3v) is 2.66. The molecule has 1 rings (SSSR count). The minimum atomic E-state index is -0.628. The standard InChI is InChI=1S/C10H18NO2/c1-2-3-6-11-7-4-9(5-8-11)10(12)13/h9H,1-8H2,(H,12,13). The van der Waals surface area contributed by atoms with Crippen LogP contribution in [0.2, 0.25) is 0 Å². The van der Waals surface area contributed by atoms with Crippen molar-refractivity contribution in [1.82, 2.24) is 4.90 Å². The topological polar surface area (TPSA) is 40.5 Å². The Labute approximate surface area is 79.7 Å². The number of hydrogen-bond acceptors (Lipinski definition) is 2. The Bertz CT molecular complexity index is 162. The Morgan fingerprint density at radius 3 is 2.54 bits per heavy atom. The van der Waals surface area contributed by atoms with E-state index in [1.807, 2.05) is 0 Å². The number of aliphatic carboxylic acids is 1. The minimum absolute atomic E-state index is 0.101. The average molecular weight is 184 g/mol. The second-order valence-electron chi connectivity index (χ2n) is 3.66. The quantitative estimate of drug-likeness (QED) is 0.718. The van der Waals surface area contributed by atoms with Gasteiger partial charge in [0, 0.05) is 0 Å². The van der Waals surface area contributed by atoms with Crippen molar-refractivity contribution < 1.29 is 9.90 Å². The summed E-state index contributed by atoms with van der Waals surface area (Å²) in [5.74, 6) is -0.729. The molecule has 0 aromatic heterocycles. The lowest BCUT2D eigenvalue weighted by Gasteiger charge is -2.29. The first-order valence-corrected chi connectivity index (χ1v) is 4.98. The normalized spacial score (nSPS) is 20.4. The fraction of sp³-hybridized carbons (Fsp3) is 0.800. The molecule has 75 valence electrons. The van der Waals surface area contributed by atoms with Gasteiger partial charge >= 0.3 is 5.97 Å². The summed E-state index contributed by atoms with van der Waals surface area (Å²) in [4.78, 5) is 13.0. The van der Waals surface area contributed by atoms with Crippen LogP contribution in [-0.2, 0) is 4.79 Å². The van der Waals surface area contributed by atoms with Gasteiger partial charge in [0.25, 0.3) is 0 Å². The summed E-state index contributed by atoms with van der Waals surface area (Å²) in [6, 6.07) is 0. The lowest BCUT2D eigenvalue weighted by atomic mass is 9.97. The highest BCUT2D eigenvalue weighted by Gasteiger charge is 2.23. The molecule has 0 saturated carbocycles. The molecule has 13 heavy (non-hydrogen) atoms. The van der Waals surface area contributed by atoms with Crippen LogP contribution in [0, 0.1) is 12.8 Å². The summed E-state index contributed by atoms with van der Waals surface area (Å²) in [5, 5.41) is 8.77. The van der Waals surface area contributed by atoms with E-state index in [9.17, 15) is 4.79 Å². The molecule has 1 saturated heterocycles. The van der Waals surface area contributed by atoms with E-state index in [-0.39, 0.29) is 5.92 Å². The number of carboxylic acid groups (broad SMARTS) is 1. The lowest BCUT2D eigenvalue weighted by molar-refractivity contribution is -0.143. The maximum Gasteiger partial charge on any atom is 0.306 e. The van der Waals surface area contributed by atoms with E-state index in [0.717, 1.165) is 45.3 Å². The molecule has 0 unspecified atom stereocenters. The zero-order valence-electron chi connectivity index (χ0n) is 8.04. The van der Waals surface area contributed by atoms with Gasteiger partial charge in [-0.3, -0.25) is 4.79 Å². The Balaban J connectivity index is 2.18. The van der Waals surface area contributed by atoms with Crippen molar-refractivity contribution >= 4 is 5.97 Å². The number of nitrogens with zero attached hydrogens (tertiary/aromatic N) is 1. The molecular formula is C10H18NO2. The van der Waals surface area contributed by atoms with Crippen LogP contribution in [0.15, 0.2) is 0 Å². The van der Waals surface area contributed by atoms with E-state index in [0.29, 0.717) is 0 Å². The summed E-state index contributed by atoms with van der Waals surface area (Å²) in [6.45, 7) is 6.75. The monoisotopic (exact) mass is 184 g/mol. The van der Waals surface area contributed by atoms with Gasteiger partial charge in [-0.2, -0.15) is 0 Å². The molecule has 0 atom stereocenters. The number of unbranched alkanes of at least 4 members (excludes halogenated alkanes) is 1. The highest BCUT2D eigenvalue weighted by atomic mass is 16.4. The molecule has 0 aliphatic carbocycles. The van der Waals surface area contributed by atoms with Gasteiger partial charge in [0.2, 0.25) is 0 Å². The Morgan fingerprint density at radius 1 is 1.46 bits per heavy atom. The summed E-state index contributed by atoms with van der Waals surface area (Å²) < 4.78 is 0. The molecule has 1 aliphatic rings. The molecule has 0 spiro atoms. The number of likely N-dealkylation sites (tertiary alicyclic amines) is 1. The molecule has 1 heterocycles. The molecule has 3 nitrogen and oxygen atoms in total. The molecule has 0 bridgehead atoms. The SMILES string of the molecule is [CH2]CCCN1CCC(C(=O)O)CC1. The maximum absolute atomic E-state index is 10.6. The zero-order chi connectivity index (χ0) is 9.68. The molecule has 1 radical (unpaired) electrons. The van der Waals surface area contributed by atoms with Crippen molar-refractivity contribution in [2.45, 2.75) is 25.7 Å². The first-order chi connectivity index (χ1) is 6.24. The van der Waals surface area contributed by atoms with Crippen LogP contribution in [0.3, 0.4) is 0 Å². The maximum atomic E-state index is 10.6. The fourth-order valence-corrected chi connectivity index (χ4v) is 1.74. The molecule has 0 aromatic rings. The number of hydrogen-bond donors (Lipinski definition) is 1. The minimum Gasteiger partial charge on any atom is -0.481 e. The van der Waals surface area contributed by atoms with Crippen molar-refractivity contribution in [1.29, 1.82) is 0 Å². The van der Waals surface area contributed by atoms with Crippen molar-refractivity contribution in [3.63, 3.8) is 0 Å². The highest BCUT2D eigenvalue weighted by Crippen LogP contribution is 2.17. The van der Waals surface area contributed by atoms with E-state index in [1.165, 1.54) is 0 Å². The lowest BCUT2D eigenvalue weighted by Crippen LogP contribution is -2.36. The average Bonchev–Trinajstić information content (AvgIpc) is 2.15. The second kappa shape index (κ2) is 5.22. The van der Waals surface area contributed by atoms with Gasteiger partial charge < -0.3 is 10.0 Å². The van der Waals surface area contributed by atoms with Crippen molar-refractivity contribution in [3.8, 4) is 0 Å². The predicted octanol–water partition coefficient (Wildman–Crippen LogP) is 1.40. The third kappa shape index (κ3) is 3.35. The summed E-state index contributed by atoms with van der Waals surface area (Å²) >= 11 is 0. The van der Waals surface area contributed by atoms with Gasteiger partial charge in [-0.1, -0.05) is 13.3 Å². The summed E-state index contributed by atoms with van der Waals surface area (Å²) in [6.07, 6.45) is 3.72. The largest absolute Gasteiger partial charge is 0.481 e. The van der Waals surface area contributed by atoms with Crippen LogP contribution < -0.4 is 0 Å². The Kier molecular flexibility index (Phi) is 4.22. The van der Waals surface area contributed by atoms with E-state index < -0.39 is 5.97 Å². The predicted molar refractivity (Wildman–Crippen MR) is 51.4 cm³/mol. The second-order valence-corrected chi connectivity index (χ2v) is 3.66. The Morgan fingerprint density at radius 2 is 2.08 bits per heavy atom. The van der Waals surface area contributed by atoms with Gasteiger partial charge in [-0.15, -0.1) is 0 Å². The molecule has 0 aromatic carbocycles. The van der Waals surface area contributed by atoms with Crippen molar-refractivity contribution in [3.05, 3.63) is 6.92 Å². The van der Waals surface area contributed by atoms with Gasteiger partial charge in [-0.05, 0) is 38.9 Å². The van der Waals surface area contributed by atoms with Crippen molar-refractivity contribution in [2.75, 3.05) is 19.6 Å². The van der Waals surface area contributed by atoms with Crippen LogP contribution in [0.25, 0.3) is 0 Å². The zero-order valence-corrected chi connectivity index (χ0v) is 8.04. The highest BCUT2D eigenvalue weighted by molar-refractivity contribution is 5.70. The first-order valence-electron chi connectivity index (χ1n) is 4.98. The van der Waals surface area contributed by atoms with Crippen molar-refractivity contribution in [2.24, 2.45) is 5.92 Å². The number of piperidine rings is 1. The molecule has 1 aliphatic heterocycles. The molecule has 1 fully saturated rings. The first kappa shape index (κ1) is 10.5.